The van der Waals surface area contributed by atoms with Crippen LogP contribution in [-0.2, 0) is 20.8 Å². The lowest BCUT2D eigenvalue weighted by atomic mass is 9.96. The fourth-order valence-corrected chi connectivity index (χ4v) is 6.19. The van der Waals surface area contributed by atoms with Gasteiger partial charge in [0.05, 0.1) is 31.5 Å². The van der Waals surface area contributed by atoms with Crippen LogP contribution in [0.15, 0.2) is 97.3 Å². The van der Waals surface area contributed by atoms with Crippen LogP contribution in [0.1, 0.15) is 132 Å². The largest absolute Gasteiger partial charge is 0.465 e. The number of nitrogen functional groups attached to an aromatic ring is 1. The number of aryl methyl sites for hydroxylation is 1. The number of carboxylic acid groups (broad SMARTS) is 1. The Morgan fingerprint density at radius 1 is 0.714 bits per heavy atom. The first-order valence-electron chi connectivity index (χ1n) is 24.3. The number of nitrogens with one attached hydrogen (secondary N) is 3. The van der Waals surface area contributed by atoms with Crippen LogP contribution in [0.3, 0.4) is 0 Å². The summed E-state index contributed by atoms with van der Waals surface area (Å²) in [4.78, 5) is 50.6. The Labute approximate surface area is 420 Å². The van der Waals surface area contributed by atoms with Crippen molar-refractivity contribution in [1.82, 2.24) is 30.5 Å². The number of hydrogen-bond donors (Lipinski definition) is 5. The summed E-state index contributed by atoms with van der Waals surface area (Å²) in [6.07, 6.45) is 26.6. The second-order valence-electron chi connectivity index (χ2n) is 15.9. The van der Waals surface area contributed by atoms with Crippen molar-refractivity contribution in [2.75, 3.05) is 32.0 Å². The number of allylic oxidation sites excluding steroid dienone is 1. The van der Waals surface area contributed by atoms with Gasteiger partial charge in [0.1, 0.15) is 11.6 Å². The normalized spacial score (nSPS) is 9.84. The Morgan fingerprint density at radius 2 is 1.20 bits per heavy atom. The van der Waals surface area contributed by atoms with Crippen LogP contribution in [0, 0.1) is 25.7 Å². The zero-order chi connectivity index (χ0) is 53.6. The summed E-state index contributed by atoms with van der Waals surface area (Å²) in [6, 6.07) is 25.9. The third kappa shape index (κ3) is 24.1. The summed E-state index contributed by atoms with van der Waals surface area (Å²) < 4.78 is 1.67. The first-order valence-corrected chi connectivity index (χ1v) is 24.3. The minimum absolute atomic E-state index is 0.00285. The molecule has 0 aliphatic carbocycles. The van der Waals surface area contributed by atoms with Gasteiger partial charge in [0, 0.05) is 36.3 Å². The molecule has 70 heavy (non-hydrogen) atoms. The maximum atomic E-state index is 12.9. The van der Waals surface area contributed by atoms with E-state index in [0.717, 1.165) is 80.3 Å². The Kier molecular flexibility index (Phi) is 35.7. The van der Waals surface area contributed by atoms with E-state index in [0.29, 0.717) is 25.2 Å². The minimum atomic E-state index is -1.17. The number of amides is 3. The molecule has 1 aromatic heterocycles. The highest BCUT2D eigenvalue weighted by atomic mass is 16.4. The lowest BCUT2D eigenvalue weighted by Gasteiger charge is -2.25. The average molecular weight is 958 g/mol. The van der Waals surface area contributed by atoms with Crippen molar-refractivity contribution in [2.24, 2.45) is 0 Å². The number of ketones is 1. The van der Waals surface area contributed by atoms with Crippen LogP contribution >= 0.6 is 0 Å². The number of nitrogens with two attached hydrogens (primary N) is 1. The number of unbranched alkanes of at least 4 members (excludes halogenated alkanes) is 1. The smallest absolute Gasteiger partial charge is 0.405 e. The molecule has 5 aromatic rings. The summed E-state index contributed by atoms with van der Waals surface area (Å²) in [6.45, 7) is 27.2. The molecule has 0 spiro atoms. The van der Waals surface area contributed by atoms with Gasteiger partial charge in [-0.3, -0.25) is 14.4 Å². The molecular formula is C58H83N7O5. The molecule has 0 fully saturated rings. The van der Waals surface area contributed by atoms with Crippen LogP contribution < -0.4 is 21.8 Å². The number of benzene rings is 4. The van der Waals surface area contributed by atoms with E-state index in [1.807, 2.05) is 45.3 Å². The van der Waals surface area contributed by atoms with Crippen molar-refractivity contribution in [1.29, 1.82) is 0 Å². The lowest BCUT2D eigenvalue weighted by molar-refractivity contribution is -0.132. The van der Waals surface area contributed by atoms with E-state index in [1.165, 1.54) is 32.6 Å². The van der Waals surface area contributed by atoms with Gasteiger partial charge in [-0.05, 0) is 89.2 Å². The maximum Gasteiger partial charge on any atom is 0.405 e. The number of hydrogen-bond acceptors (Lipinski definition) is 7. The average Bonchev–Trinajstić information content (AvgIpc) is 3.75. The SMILES string of the molecule is C#C.C#C.C=C(CN(CCC)C(=O)CNC(=O)CCC)N/C(=C\C)c1ccc2cc(-c3ccc4cc(-c5cnc(CC)n5N)ccc4c3)ccc2c1.CC(=O)CNC(=O)O.CCC.CCC.CCCC. The molecule has 0 radical (unpaired) electrons. The Balaban J connectivity index is 0. The molecular weight excluding hydrogens is 875 g/mol. The molecule has 0 saturated heterocycles. The number of imidazole rings is 1. The van der Waals surface area contributed by atoms with Gasteiger partial charge >= 0.3 is 6.09 Å². The fourth-order valence-electron chi connectivity index (χ4n) is 6.19. The van der Waals surface area contributed by atoms with Crippen LogP contribution in [0.5, 0.6) is 0 Å². The third-order valence-electron chi connectivity index (χ3n) is 9.54. The van der Waals surface area contributed by atoms with E-state index >= 15 is 0 Å². The summed E-state index contributed by atoms with van der Waals surface area (Å²) >= 11 is 0. The van der Waals surface area contributed by atoms with Gasteiger partial charge in [-0.1, -0.05) is 149 Å². The molecule has 1 heterocycles. The van der Waals surface area contributed by atoms with Gasteiger partial charge in [0.25, 0.3) is 0 Å². The standard InChI is InChI=1S/C40H46N6O2.C4H7NO3.C4H10.2C3H8.2C2H2/c1-6-10-39(47)43-25-40(48)45(19-7-2)26-27(5)44-36(8-3)34-17-15-30-20-28(11-13-32(30)22-34)29-12-14-33-23-35(18-16-31(33)21-29)37-24-42-38(9-4)46(37)41;1-3(6)2-5-4(7)8;1-3-4-2;2*1-3-2;2*1-2/h8,11-18,20-24,44H,5-7,9-10,19,25-26,41H2,1-4H3,(H,43,47);5H,2H2,1H3,(H,7,8);3-4H2,1-2H3;2*3H2,1-2H3;2*1-2H/b36-8-;;;;;;. The predicted octanol–water partition coefficient (Wildman–Crippen LogP) is 12.4. The van der Waals surface area contributed by atoms with E-state index in [9.17, 15) is 19.2 Å². The Bertz CT molecular complexity index is 2390. The number of aromatic nitrogens is 2. The first kappa shape index (κ1) is 64.8. The van der Waals surface area contributed by atoms with E-state index in [2.05, 4.69) is 162 Å². The van der Waals surface area contributed by atoms with Gasteiger partial charge in [0.15, 0.2) is 0 Å². The predicted molar refractivity (Wildman–Crippen MR) is 297 cm³/mol. The maximum absolute atomic E-state index is 12.9. The molecule has 5 rings (SSSR count). The lowest BCUT2D eigenvalue weighted by Crippen LogP contribution is -2.42. The third-order valence-corrected chi connectivity index (χ3v) is 9.54. The van der Waals surface area contributed by atoms with Gasteiger partial charge in [-0.2, -0.15) is 0 Å². The Morgan fingerprint density at radius 3 is 1.61 bits per heavy atom. The molecule has 0 aliphatic rings. The van der Waals surface area contributed by atoms with Crippen LogP contribution in [0.4, 0.5) is 4.79 Å². The van der Waals surface area contributed by atoms with Crippen molar-refractivity contribution in [2.45, 2.75) is 128 Å². The van der Waals surface area contributed by atoms with Crippen molar-refractivity contribution in [3.05, 3.63) is 109 Å². The molecule has 0 bridgehead atoms. The van der Waals surface area contributed by atoms with Crippen molar-refractivity contribution in [3.63, 3.8) is 0 Å². The van der Waals surface area contributed by atoms with Gasteiger partial charge in [-0.25, -0.2) is 14.5 Å². The molecule has 3 amide bonds. The van der Waals surface area contributed by atoms with Crippen LogP contribution in [0.2, 0.25) is 0 Å². The second kappa shape index (κ2) is 38.6. The molecule has 380 valence electrons. The summed E-state index contributed by atoms with van der Waals surface area (Å²) in [7, 11) is 0. The highest BCUT2D eigenvalue weighted by molar-refractivity contribution is 5.94. The molecule has 12 heteroatoms. The molecule has 0 aliphatic heterocycles. The number of terminal acetylenes is 2. The topological polar surface area (TPSA) is 172 Å². The summed E-state index contributed by atoms with van der Waals surface area (Å²) in [5.41, 5.74) is 6.92. The van der Waals surface area contributed by atoms with Crippen LogP contribution in [0.25, 0.3) is 49.6 Å². The molecule has 0 saturated carbocycles. The van der Waals surface area contributed by atoms with Crippen LogP contribution in [-0.4, -0.2) is 69.5 Å². The van der Waals surface area contributed by atoms with E-state index < -0.39 is 6.09 Å². The fraction of sp³-hybridized carbons (Fsp3) is 0.397. The monoisotopic (exact) mass is 958 g/mol. The molecule has 0 atom stereocenters. The van der Waals surface area contributed by atoms with E-state index in [4.69, 9.17) is 10.9 Å². The molecule has 12 nitrogen and oxygen atoms in total. The second-order valence-corrected chi connectivity index (χ2v) is 15.9. The van der Waals surface area contributed by atoms with Gasteiger partial charge < -0.3 is 31.8 Å². The van der Waals surface area contributed by atoms with Crippen molar-refractivity contribution in [3.8, 4) is 48.1 Å². The number of rotatable bonds is 17. The molecule has 6 N–H and O–H groups in total. The zero-order valence-corrected chi connectivity index (χ0v) is 44.1. The van der Waals surface area contributed by atoms with Gasteiger partial charge in [-0.15, -0.1) is 25.7 Å². The summed E-state index contributed by atoms with van der Waals surface area (Å²) in [5, 5.41) is 20.5. The molecule has 0 unspecified atom stereocenters. The Hall–Kier alpha value is -7.31. The number of carbonyl (C=O) groups excluding carboxylic acids is 3. The van der Waals surface area contributed by atoms with Crippen molar-refractivity contribution >= 4 is 50.9 Å². The van der Waals surface area contributed by atoms with E-state index in [1.54, 1.807) is 9.58 Å². The highest BCUT2D eigenvalue weighted by Gasteiger charge is 2.16. The number of Topliss-reactive ketones (excluding diaryl/α,β-unsaturated/α-hetero) is 1. The quantitative estimate of drug-likeness (QED) is 0.0453. The van der Waals surface area contributed by atoms with Gasteiger partial charge in [0.2, 0.25) is 11.8 Å². The summed E-state index contributed by atoms with van der Waals surface area (Å²) in [5.74, 6) is 6.73. The number of nitrogens with zero attached hydrogens (tertiary/aromatic N) is 3. The highest BCUT2D eigenvalue weighted by Crippen LogP contribution is 2.31. The zero-order valence-electron chi connectivity index (χ0n) is 44.1. The van der Waals surface area contributed by atoms with E-state index in [-0.39, 0.29) is 30.7 Å². The number of carbonyl (C=O) groups is 4. The number of fused-ring (bicyclic) bond motifs is 2. The van der Waals surface area contributed by atoms with Crippen molar-refractivity contribution < 1.29 is 24.3 Å². The first-order chi connectivity index (χ1) is 33.6. The molecule has 4 aromatic carbocycles. The minimum Gasteiger partial charge on any atom is -0.465 e.